The van der Waals surface area contributed by atoms with Crippen molar-refractivity contribution in [3.8, 4) is 0 Å². The van der Waals surface area contributed by atoms with Gasteiger partial charge in [-0.3, -0.25) is 4.98 Å². The number of para-hydroxylation sites is 1. The van der Waals surface area contributed by atoms with Gasteiger partial charge in [-0.1, -0.05) is 54.6 Å². The van der Waals surface area contributed by atoms with Crippen LogP contribution in [0, 0.1) is 0 Å². The van der Waals surface area contributed by atoms with E-state index < -0.39 is 0 Å². The Morgan fingerprint density at radius 3 is 2.45 bits per heavy atom. The summed E-state index contributed by atoms with van der Waals surface area (Å²) in [6.07, 6.45) is 11.4. The molecule has 0 aliphatic heterocycles. The van der Waals surface area contributed by atoms with Crippen LogP contribution in [0.2, 0.25) is 0 Å². The van der Waals surface area contributed by atoms with Gasteiger partial charge < -0.3 is 10.3 Å². The highest BCUT2D eigenvalue weighted by atomic mass is 14.9. The van der Waals surface area contributed by atoms with E-state index in [0.29, 0.717) is 0 Å². The fourth-order valence-corrected chi connectivity index (χ4v) is 5.02. The van der Waals surface area contributed by atoms with Crippen LogP contribution < -0.4 is 5.32 Å². The Labute approximate surface area is 184 Å². The molecule has 0 spiro atoms. The smallest absolute Gasteiger partial charge is 0.0470 e. The van der Waals surface area contributed by atoms with E-state index in [2.05, 4.69) is 95.1 Å². The van der Waals surface area contributed by atoms with Gasteiger partial charge in [-0.2, -0.15) is 0 Å². The number of aromatic amines is 1. The Bertz CT molecular complexity index is 1190. The molecule has 3 heteroatoms. The molecule has 1 unspecified atom stereocenters. The summed E-state index contributed by atoms with van der Waals surface area (Å²) in [5, 5.41) is 4.98. The first kappa shape index (κ1) is 19.8. The lowest BCUT2D eigenvalue weighted by atomic mass is 9.76. The topological polar surface area (TPSA) is 40.7 Å². The third kappa shape index (κ3) is 3.82. The lowest BCUT2D eigenvalue weighted by Gasteiger charge is -2.37. The largest absolute Gasteiger partial charge is 0.355 e. The van der Waals surface area contributed by atoms with Crippen molar-refractivity contribution < 1.29 is 0 Å². The maximum absolute atomic E-state index is 4.16. The van der Waals surface area contributed by atoms with Crippen molar-refractivity contribution in [3.05, 3.63) is 108 Å². The zero-order chi connectivity index (χ0) is 21.1. The fraction of sp³-hybridized carbons (Fsp3) is 0.250. The molecule has 156 valence electrons. The molecule has 3 nitrogen and oxygen atoms in total. The Hall–Kier alpha value is -3.17. The lowest BCUT2D eigenvalue weighted by Crippen LogP contribution is -2.41. The molecule has 0 saturated heterocycles. The first-order chi connectivity index (χ1) is 15.3. The predicted molar refractivity (Wildman–Crippen MR) is 129 cm³/mol. The number of aromatic nitrogens is 2. The molecule has 31 heavy (non-hydrogen) atoms. The van der Waals surface area contributed by atoms with Crippen molar-refractivity contribution in [2.45, 2.75) is 37.6 Å². The molecule has 1 aliphatic rings. The van der Waals surface area contributed by atoms with Crippen molar-refractivity contribution in [1.29, 1.82) is 0 Å². The zero-order valence-electron chi connectivity index (χ0n) is 18.1. The minimum Gasteiger partial charge on any atom is -0.355 e. The number of fused-ring (bicyclic) bond motifs is 1. The van der Waals surface area contributed by atoms with Crippen LogP contribution in [0.4, 0.5) is 0 Å². The molecule has 4 aromatic rings. The molecule has 0 bridgehead atoms. The van der Waals surface area contributed by atoms with Gasteiger partial charge in [0.25, 0.3) is 0 Å². The van der Waals surface area contributed by atoms with Gasteiger partial charge in [0.15, 0.2) is 0 Å². The molecule has 0 amide bonds. The van der Waals surface area contributed by atoms with Gasteiger partial charge in [-0.15, -0.1) is 0 Å². The number of H-pyrrole nitrogens is 1. The quantitative estimate of drug-likeness (QED) is 0.410. The fourth-order valence-electron chi connectivity index (χ4n) is 5.02. The Balaban J connectivity index is 1.48. The van der Waals surface area contributed by atoms with Crippen LogP contribution in [0.25, 0.3) is 16.5 Å². The summed E-state index contributed by atoms with van der Waals surface area (Å²) in [7, 11) is 2.09. The van der Waals surface area contributed by atoms with Crippen molar-refractivity contribution in [2.75, 3.05) is 7.05 Å². The SMILES string of the molecule is CNC1(c2ccccc2)CC=C(c2[nH]c3ccccc3c2CCc2ccncc2)CC1. The van der Waals surface area contributed by atoms with Crippen LogP contribution in [0.3, 0.4) is 0 Å². The number of nitrogens with zero attached hydrogens (tertiary/aromatic N) is 1. The summed E-state index contributed by atoms with van der Waals surface area (Å²) in [5.74, 6) is 0. The summed E-state index contributed by atoms with van der Waals surface area (Å²) in [5.41, 5.74) is 8.18. The molecule has 0 fully saturated rings. The third-order valence-corrected chi connectivity index (χ3v) is 6.87. The van der Waals surface area contributed by atoms with E-state index in [1.807, 2.05) is 12.4 Å². The molecule has 0 saturated carbocycles. The van der Waals surface area contributed by atoms with Gasteiger partial charge in [-0.25, -0.2) is 0 Å². The van der Waals surface area contributed by atoms with Crippen LogP contribution in [0.5, 0.6) is 0 Å². The molecular formula is C28H29N3. The number of nitrogens with one attached hydrogen (secondary N) is 2. The van der Waals surface area contributed by atoms with E-state index in [-0.39, 0.29) is 5.54 Å². The summed E-state index contributed by atoms with van der Waals surface area (Å²) < 4.78 is 0. The number of hydrogen-bond acceptors (Lipinski definition) is 2. The van der Waals surface area contributed by atoms with E-state index in [1.165, 1.54) is 38.9 Å². The number of benzene rings is 2. The maximum atomic E-state index is 4.16. The number of aryl methyl sites for hydroxylation is 2. The first-order valence-corrected chi connectivity index (χ1v) is 11.2. The zero-order valence-corrected chi connectivity index (χ0v) is 18.1. The van der Waals surface area contributed by atoms with E-state index in [1.54, 1.807) is 0 Å². The van der Waals surface area contributed by atoms with Gasteiger partial charge in [0.05, 0.1) is 0 Å². The van der Waals surface area contributed by atoms with Crippen molar-refractivity contribution in [2.24, 2.45) is 0 Å². The van der Waals surface area contributed by atoms with Crippen LogP contribution in [-0.4, -0.2) is 17.0 Å². The monoisotopic (exact) mass is 407 g/mol. The average Bonchev–Trinajstić information content (AvgIpc) is 3.22. The average molecular weight is 408 g/mol. The second-order valence-corrected chi connectivity index (χ2v) is 8.51. The highest BCUT2D eigenvalue weighted by Crippen LogP contribution is 2.41. The molecule has 1 atom stereocenters. The second-order valence-electron chi connectivity index (χ2n) is 8.51. The van der Waals surface area contributed by atoms with Crippen molar-refractivity contribution in [1.82, 2.24) is 15.3 Å². The van der Waals surface area contributed by atoms with Crippen LogP contribution in [0.1, 0.15) is 41.6 Å². The van der Waals surface area contributed by atoms with E-state index >= 15 is 0 Å². The number of pyridine rings is 1. The van der Waals surface area contributed by atoms with Crippen LogP contribution in [0.15, 0.2) is 85.2 Å². The molecule has 1 aliphatic carbocycles. The number of rotatable bonds is 6. The molecule has 5 rings (SSSR count). The van der Waals surface area contributed by atoms with Crippen LogP contribution >= 0.6 is 0 Å². The van der Waals surface area contributed by atoms with E-state index in [9.17, 15) is 0 Å². The van der Waals surface area contributed by atoms with Crippen LogP contribution in [-0.2, 0) is 18.4 Å². The van der Waals surface area contributed by atoms with Gasteiger partial charge in [-0.05, 0) is 79.6 Å². The maximum Gasteiger partial charge on any atom is 0.0470 e. The molecular weight excluding hydrogens is 378 g/mol. The highest BCUT2D eigenvalue weighted by molar-refractivity contribution is 5.89. The van der Waals surface area contributed by atoms with E-state index in [4.69, 9.17) is 0 Å². The summed E-state index contributed by atoms with van der Waals surface area (Å²) in [4.78, 5) is 7.91. The Kier molecular flexibility index (Phi) is 5.44. The first-order valence-electron chi connectivity index (χ1n) is 11.2. The minimum absolute atomic E-state index is 0.0218. The van der Waals surface area contributed by atoms with E-state index in [0.717, 1.165) is 32.1 Å². The molecule has 2 aromatic heterocycles. The van der Waals surface area contributed by atoms with Crippen molar-refractivity contribution >= 4 is 16.5 Å². The van der Waals surface area contributed by atoms with Crippen molar-refractivity contribution in [3.63, 3.8) is 0 Å². The minimum atomic E-state index is 0.0218. The molecule has 2 N–H and O–H groups in total. The molecule has 2 heterocycles. The van der Waals surface area contributed by atoms with Gasteiger partial charge in [0, 0.05) is 34.5 Å². The Morgan fingerprint density at radius 1 is 0.935 bits per heavy atom. The standard InChI is InChI=1S/C28H29N3/c1-29-28(23-7-3-2-4-8-23)17-13-22(14-18-28)27-25(12-11-21-15-19-30-20-16-21)24-9-5-6-10-26(24)31-27/h2-10,13,15-16,19-20,29,31H,11-12,14,17-18H2,1H3. The predicted octanol–water partition coefficient (Wildman–Crippen LogP) is 6.03. The second kappa shape index (κ2) is 8.52. The normalized spacial score (nSPS) is 18.8. The highest BCUT2D eigenvalue weighted by Gasteiger charge is 2.33. The number of allylic oxidation sites excluding steroid dienone is 1. The lowest BCUT2D eigenvalue weighted by molar-refractivity contribution is 0.331. The molecule has 0 radical (unpaired) electrons. The summed E-state index contributed by atoms with van der Waals surface area (Å²) in [6.45, 7) is 0. The van der Waals surface area contributed by atoms with Gasteiger partial charge in [0.2, 0.25) is 0 Å². The van der Waals surface area contributed by atoms with Gasteiger partial charge >= 0.3 is 0 Å². The molecule has 2 aromatic carbocycles. The summed E-state index contributed by atoms with van der Waals surface area (Å²) in [6, 6.07) is 23.8. The summed E-state index contributed by atoms with van der Waals surface area (Å²) >= 11 is 0. The number of hydrogen-bond donors (Lipinski definition) is 2. The Morgan fingerprint density at radius 2 is 1.71 bits per heavy atom. The third-order valence-electron chi connectivity index (χ3n) is 6.87. The van der Waals surface area contributed by atoms with Gasteiger partial charge in [0.1, 0.15) is 0 Å².